The number of rotatable bonds is 4. The molecule has 2 fully saturated rings. The minimum atomic E-state index is 0.210. The van der Waals surface area contributed by atoms with Crippen LogP contribution in [0.15, 0.2) is 12.7 Å². The Kier molecular flexibility index (Phi) is 4.55. The van der Waals surface area contributed by atoms with Crippen molar-refractivity contribution in [2.24, 2.45) is 5.92 Å². The maximum atomic E-state index is 13.0. The molecule has 2 aliphatic rings. The van der Waals surface area contributed by atoms with Crippen LogP contribution >= 0.6 is 0 Å². The van der Waals surface area contributed by atoms with Gasteiger partial charge in [0.05, 0.1) is 12.9 Å². The molecule has 2 aromatic rings. The third-order valence-electron chi connectivity index (χ3n) is 5.75. The van der Waals surface area contributed by atoms with Gasteiger partial charge in [-0.15, -0.1) is 0 Å². The molecule has 1 aliphatic heterocycles. The molecule has 0 radical (unpaired) electrons. The number of carbonyl (C=O) groups is 1. The van der Waals surface area contributed by atoms with Crippen molar-refractivity contribution in [1.29, 1.82) is 0 Å². The van der Waals surface area contributed by atoms with Gasteiger partial charge in [0.25, 0.3) is 0 Å². The molecule has 0 unspecified atom stereocenters. The van der Waals surface area contributed by atoms with Crippen LogP contribution in [-0.2, 0) is 4.79 Å². The number of nitrogens with one attached hydrogen (secondary N) is 1. The fourth-order valence-corrected chi connectivity index (χ4v) is 4.52. The van der Waals surface area contributed by atoms with Gasteiger partial charge in [-0.3, -0.25) is 4.79 Å². The number of nitrogens with zero attached hydrogens (tertiary/aromatic N) is 5. The lowest BCUT2D eigenvalue weighted by Crippen LogP contribution is -2.45. The van der Waals surface area contributed by atoms with Crippen molar-refractivity contribution in [2.45, 2.75) is 51.0 Å². The highest BCUT2D eigenvalue weighted by atomic mass is 16.2. The Morgan fingerprint density at radius 2 is 2.04 bits per heavy atom. The number of carbonyl (C=O) groups excluding carboxylic acids is 1. The number of aromatic amines is 1. The minimum absolute atomic E-state index is 0.210. The van der Waals surface area contributed by atoms with Crippen molar-refractivity contribution in [3.63, 3.8) is 0 Å². The predicted octanol–water partition coefficient (Wildman–Crippen LogP) is 2.36. The molecule has 0 spiro atoms. The van der Waals surface area contributed by atoms with E-state index in [1.807, 2.05) is 11.9 Å². The van der Waals surface area contributed by atoms with Crippen LogP contribution in [0.25, 0.3) is 11.2 Å². The van der Waals surface area contributed by atoms with E-state index in [2.05, 4.69) is 24.8 Å². The maximum Gasteiger partial charge on any atom is 0.242 e. The number of likely N-dealkylation sites (N-methyl/N-ethyl adjacent to an activating group) is 1. The van der Waals surface area contributed by atoms with Crippen LogP contribution in [0.3, 0.4) is 0 Å². The Labute approximate surface area is 147 Å². The van der Waals surface area contributed by atoms with Crippen molar-refractivity contribution >= 4 is 22.9 Å². The minimum Gasteiger partial charge on any atom is -0.348 e. The summed E-state index contributed by atoms with van der Waals surface area (Å²) in [4.78, 5) is 32.7. The zero-order valence-corrected chi connectivity index (χ0v) is 14.8. The van der Waals surface area contributed by atoms with E-state index >= 15 is 0 Å². The Hall–Kier alpha value is -2.18. The molecule has 134 valence electrons. The highest BCUT2D eigenvalue weighted by molar-refractivity contribution is 5.87. The molecule has 4 rings (SSSR count). The van der Waals surface area contributed by atoms with Crippen molar-refractivity contribution in [2.75, 3.05) is 25.0 Å². The second-order valence-electron chi connectivity index (χ2n) is 7.35. The van der Waals surface area contributed by atoms with Gasteiger partial charge in [-0.25, -0.2) is 15.0 Å². The SMILES string of the molecule is CN(CC(=O)N1CCC[C@H]1C1CCCCC1)c1ncnc2nc[nH]c12. The number of likely N-dealkylation sites (tertiary alicyclic amines) is 1. The second-order valence-corrected chi connectivity index (χ2v) is 7.35. The molecule has 0 bridgehead atoms. The van der Waals surface area contributed by atoms with Gasteiger partial charge in [-0.2, -0.15) is 0 Å². The molecular formula is C18H26N6O. The van der Waals surface area contributed by atoms with Crippen molar-refractivity contribution in [3.8, 4) is 0 Å². The van der Waals surface area contributed by atoms with Crippen molar-refractivity contribution in [1.82, 2.24) is 24.8 Å². The predicted molar refractivity (Wildman–Crippen MR) is 96.3 cm³/mol. The zero-order chi connectivity index (χ0) is 17.2. The molecule has 1 amide bonds. The van der Waals surface area contributed by atoms with E-state index in [-0.39, 0.29) is 5.91 Å². The largest absolute Gasteiger partial charge is 0.348 e. The summed E-state index contributed by atoms with van der Waals surface area (Å²) < 4.78 is 0. The monoisotopic (exact) mass is 342 g/mol. The van der Waals surface area contributed by atoms with E-state index in [4.69, 9.17) is 0 Å². The number of hydrogen-bond donors (Lipinski definition) is 1. The highest BCUT2D eigenvalue weighted by Crippen LogP contribution is 2.34. The molecule has 1 N–H and O–H groups in total. The Bertz CT molecular complexity index is 738. The number of fused-ring (bicyclic) bond motifs is 1. The highest BCUT2D eigenvalue weighted by Gasteiger charge is 2.35. The van der Waals surface area contributed by atoms with Crippen LogP contribution in [0.4, 0.5) is 5.82 Å². The molecule has 2 aromatic heterocycles. The summed E-state index contributed by atoms with van der Waals surface area (Å²) in [6.45, 7) is 1.24. The third kappa shape index (κ3) is 3.19. The van der Waals surface area contributed by atoms with Gasteiger partial charge >= 0.3 is 0 Å². The molecule has 1 aliphatic carbocycles. The molecule has 7 nitrogen and oxygen atoms in total. The van der Waals surface area contributed by atoms with Crippen LogP contribution in [0, 0.1) is 5.92 Å². The molecule has 1 saturated carbocycles. The van der Waals surface area contributed by atoms with E-state index in [0.29, 0.717) is 24.2 Å². The van der Waals surface area contributed by atoms with Crippen LogP contribution in [-0.4, -0.2) is 56.9 Å². The Morgan fingerprint density at radius 1 is 1.20 bits per heavy atom. The molecule has 7 heteroatoms. The first-order valence-corrected chi connectivity index (χ1v) is 9.38. The number of hydrogen-bond acceptors (Lipinski definition) is 5. The topological polar surface area (TPSA) is 78.0 Å². The van der Waals surface area contributed by atoms with Gasteiger partial charge in [0, 0.05) is 19.6 Å². The van der Waals surface area contributed by atoms with E-state index in [0.717, 1.165) is 24.3 Å². The molecule has 1 atom stereocenters. The number of amides is 1. The van der Waals surface area contributed by atoms with Crippen LogP contribution in [0.2, 0.25) is 0 Å². The van der Waals surface area contributed by atoms with Crippen LogP contribution in [0.5, 0.6) is 0 Å². The number of imidazole rings is 1. The fraction of sp³-hybridized carbons (Fsp3) is 0.667. The van der Waals surface area contributed by atoms with Gasteiger partial charge in [0.15, 0.2) is 11.5 Å². The van der Waals surface area contributed by atoms with E-state index in [9.17, 15) is 4.79 Å². The first-order valence-electron chi connectivity index (χ1n) is 9.38. The van der Waals surface area contributed by atoms with Gasteiger partial charge in [0.1, 0.15) is 11.8 Å². The molecule has 1 saturated heterocycles. The Balaban J connectivity index is 1.46. The first kappa shape index (κ1) is 16.3. The van der Waals surface area contributed by atoms with Crippen LogP contribution < -0.4 is 4.90 Å². The maximum absolute atomic E-state index is 13.0. The molecule has 0 aromatic carbocycles. The summed E-state index contributed by atoms with van der Waals surface area (Å²) in [7, 11) is 1.91. The first-order chi connectivity index (χ1) is 12.2. The fourth-order valence-electron chi connectivity index (χ4n) is 4.52. The molecular weight excluding hydrogens is 316 g/mol. The van der Waals surface area contributed by atoms with Gasteiger partial charge in [0.2, 0.25) is 5.91 Å². The van der Waals surface area contributed by atoms with Gasteiger partial charge in [-0.05, 0) is 31.6 Å². The van der Waals surface area contributed by atoms with Gasteiger partial charge < -0.3 is 14.8 Å². The van der Waals surface area contributed by atoms with E-state index in [1.54, 1.807) is 6.33 Å². The summed E-state index contributed by atoms with van der Waals surface area (Å²) in [6.07, 6.45) is 12.0. The third-order valence-corrected chi connectivity index (χ3v) is 5.75. The van der Waals surface area contributed by atoms with Gasteiger partial charge in [-0.1, -0.05) is 19.3 Å². The van der Waals surface area contributed by atoms with Crippen LogP contribution in [0.1, 0.15) is 44.9 Å². The smallest absolute Gasteiger partial charge is 0.242 e. The zero-order valence-electron chi connectivity index (χ0n) is 14.8. The lowest BCUT2D eigenvalue weighted by atomic mass is 9.83. The average molecular weight is 342 g/mol. The summed E-state index contributed by atoms with van der Waals surface area (Å²) in [5, 5.41) is 0. The number of anilines is 1. The number of H-pyrrole nitrogens is 1. The normalized spacial score (nSPS) is 21.8. The lowest BCUT2D eigenvalue weighted by molar-refractivity contribution is -0.131. The van der Waals surface area contributed by atoms with Crippen molar-refractivity contribution < 1.29 is 4.79 Å². The van der Waals surface area contributed by atoms with E-state index in [1.165, 1.54) is 44.9 Å². The quantitative estimate of drug-likeness (QED) is 0.923. The average Bonchev–Trinajstić information content (AvgIpc) is 3.31. The van der Waals surface area contributed by atoms with Crippen molar-refractivity contribution in [3.05, 3.63) is 12.7 Å². The Morgan fingerprint density at radius 3 is 2.88 bits per heavy atom. The molecule has 3 heterocycles. The second kappa shape index (κ2) is 6.98. The summed E-state index contributed by atoms with van der Waals surface area (Å²) in [6, 6.07) is 0.443. The molecule has 25 heavy (non-hydrogen) atoms. The lowest BCUT2D eigenvalue weighted by Gasteiger charge is -2.35. The summed E-state index contributed by atoms with van der Waals surface area (Å²) >= 11 is 0. The standard InChI is InChI=1S/C18H26N6O/c1-23(18-16-17(20-11-19-16)21-12-22-18)10-15(25)24-9-5-8-14(24)13-6-3-2-4-7-13/h11-14H,2-10H2,1H3,(H,19,20,21,22)/t14-/m0/s1. The summed E-state index contributed by atoms with van der Waals surface area (Å²) in [5.41, 5.74) is 1.41. The van der Waals surface area contributed by atoms with E-state index < -0.39 is 0 Å². The number of aromatic nitrogens is 4. The summed E-state index contributed by atoms with van der Waals surface area (Å²) in [5.74, 6) is 1.63.